The summed E-state index contributed by atoms with van der Waals surface area (Å²) in [7, 11) is -3.09. The molecule has 0 unspecified atom stereocenters. The third-order valence-corrected chi connectivity index (χ3v) is 5.41. The summed E-state index contributed by atoms with van der Waals surface area (Å²) in [6.07, 6.45) is 0. The molecule has 0 aliphatic carbocycles. The van der Waals surface area contributed by atoms with E-state index < -0.39 is 13.8 Å². The lowest BCUT2D eigenvalue weighted by atomic mass is 10.3. The van der Waals surface area contributed by atoms with Gasteiger partial charge in [0.25, 0.3) is 5.69 Å². The molecule has 0 atom stereocenters. The van der Waals surface area contributed by atoms with Gasteiger partial charge in [0.05, 0.1) is 9.82 Å². The van der Waals surface area contributed by atoms with Gasteiger partial charge >= 0.3 is 0 Å². The zero-order valence-corrected chi connectivity index (χ0v) is 9.18. The Hall–Kier alpha value is -0.730. The van der Waals surface area contributed by atoms with Crippen LogP contribution in [-0.2, 0) is 8.87 Å². The molecule has 0 fully saturated rings. The lowest BCUT2D eigenvalue weighted by Gasteiger charge is -1.98. The number of nitro groups is 1. The van der Waals surface area contributed by atoms with E-state index in [4.69, 9.17) is 0 Å². The molecular formula is C6H5NO4S3. The van der Waals surface area contributed by atoms with Gasteiger partial charge in [-0.25, -0.2) is 8.42 Å². The van der Waals surface area contributed by atoms with E-state index in [0.717, 1.165) is 12.1 Å². The van der Waals surface area contributed by atoms with Gasteiger partial charge in [-0.2, -0.15) is 0 Å². The fraction of sp³-hybridized carbons (Fsp3) is 0. The molecule has 0 N–H and O–H groups in total. The molecule has 1 rings (SSSR count). The zero-order chi connectivity index (χ0) is 10.8. The van der Waals surface area contributed by atoms with E-state index in [1.807, 2.05) is 0 Å². The molecule has 0 aliphatic heterocycles. The standard InChI is InChI=1S/C6H5NO4S3/c8-7(9)5-1-3-6(4-2-5)14(10,11)13-12/h1-4,12H. The van der Waals surface area contributed by atoms with Crippen molar-refractivity contribution in [1.82, 2.24) is 0 Å². The molecule has 0 aromatic heterocycles. The van der Waals surface area contributed by atoms with Gasteiger partial charge in [0.15, 0.2) is 0 Å². The van der Waals surface area contributed by atoms with Crippen molar-refractivity contribution in [3.05, 3.63) is 34.4 Å². The number of nitro benzene ring substituents is 1. The van der Waals surface area contributed by atoms with E-state index in [0.29, 0.717) is 9.83 Å². The van der Waals surface area contributed by atoms with E-state index in [2.05, 4.69) is 11.7 Å². The third kappa shape index (κ3) is 2.40. The molecule has 14 heavy (non-hydrogen) atoms. The van der Waals surface area contributed by atoms with E-state index in [1.54, 1.807) is 0 Å². The molecule has 0 radical (unpaired) electrons. The van der Waals surface area contributed by atoms with Crippen molar-refractivity contribution in [2.75, 3.05) is 0 Å². The minimum atomic E-state index is -3.48. The predicted molar refractivity (Wildman–Crippen MR) is 56.9 cm³/mol. The van der Waals surface area contributed by atoms with Gasteiger partial charge in [0, 0.05) is 22.0 Å². The van der Waals surface area contributed by atoms with Gasteiger partial charge < -0.3 is 0 Å². The topological polar surface area (TPSA) is 77.3 Å². The smallest absolute Gasteiger partial charge is 0.258 e. The lowest BCUT2D eigenvalue weighted by Crippen LogP contribution is -1.93. The number of hydrogen-bond donors (Lipinski definition) is 1. The first-order valence-electron chi connectivity index (χ1n) is 3.30. The van der Waals surface area contributed by atoms with Gasteiger partial charge in [-0.1, -0.05) is 11.7 Å². The van der Waals surface area contributed by atoms with Gasteiger partial charge in [-0.15, -0.1) is 0 Å². The maximum atomic E-state index is 11.2. The SMILES string of the molecule is O=[N+]([O-])c1ccc(S(=O)(=O)SS)cc1. The Labute approximate surface area is 88.8 Å². The summed E-state index contributed by atoms with van der Waals surface area (Å²) < 4.78 is 22.4. The Kier molecular flexibility index (Phi) is 3.40. The summed E-state index contributed by atoms with van der Waals surface area (Å²) in [4.78, 5) is 9.68. The van der Waals surface area contributed by atoms with Crippen LogP contribution in [0.15, 0.2) is 29.2 Å². The highest BCUT2D eigenvalue weighted by Gasteiger charge is 2.14. The van der Waals surface area contributed by atoms with Gasteiger partial charge in [-0.3, -0.25) is 10.1 Å². The van der Waals surface area contributed by atoms with Gasteiger partial charge in [-0.05, 0) is 12.1 Å². The van der Waals surface area contributed by atoms with Crippen molar-refractivity contribution in [2.45, 2.75) is 4.90 Å². The number of rotatable bonds is 3. The summed E-state index contributed by atoms with van der Waals surface area (Å²) in [6, 6.07) is 4.63. The molecule has 0 spiro atoms. The summed E-state index contributed by atoms with van der Waals surface area (Å²) >= 11 is 3.57. The molecule has 0 bridgehead atoms. The quantitative estimate of drug-likeness (QED) is 0.384. The average molecular weight is 251 g/mol. The van der Waals surface area contributed by atoms with Gasteiger partial charge in [0.2, 0.25) is 8.87 Å². The Balaban J connectivity index is 3.12. The second-order valence-electron chi connectivity index (χ2n) is 2.28. The number of nitrogens with zero attached hydrogens (tertiary/aromatic N) is 1. The number of thiol groups is 1. The monoisotopic (exact) mass is 251 g/mol. The van der Waals surface area contributed by atoms with E-state index in [9.17, 15) is 18.5 Å². The molecule has 0 saturated heterocycles. The first-order chi connectivity index (χ1) is 6.47. The molecule has 1 aromatic carbocycles. The molecule has 0 saturated carbocycles. The molecule has 76 valence electrons. The molecular weight excluding hydrogens is 246 g/mol. The second-order valence-corrected chi connectivity index (χ2v) is 6.91. The summed E-state index contributed by atoms with van der Waals surface area (Å²) in [6.45, 7) is 0. The van der Waals surface area contributed by atoms with E-state index in [-0.39, 0.29) is 10.6 Å². The first-order valence-corrected chi connectivity index (χ1v) is 7.17. The minimum Gasteiger partial charge on any atom is -0.258 e. The fourth-order valence-corrected chi connectivity index (χ4v) is 2.70. The van der Waals surface area contributed by atoms with Crippen molar-refractivity contribution in [1.29, 1.82) is 0 Å². The number of benzene rings is 1. The summed E-state index contributed by atoms with van der Waals surface area (Å²) in [5.74, 6) is 0. The van der Waals surface area contributed by atoms with Crippen LogP contribution in [0.2, 0.25) is 0 Å². The van der Waals surface area contributed by atoms with Crippen molar-refractivity contribution in [2.24, 2.45) is 0 Å². The molecule has 5 nitrogen and oxygen atoms in total. The van der Waals surface area contributed by atoms with Crippen molar-refractivity contribution in [3.8, 4) is 0 Å². The highest BCUT2D eigenvalue weighted by atomic mass is 33.5. The van der Waals surface area contributed by atoms with Crippen LogP contribution in [0.3, 0.4) is 0 Å². The van der Waals surface area contributed by atoms with Crippen LogP contribution >= 0.6 is 21.5 Å². The normalized spacial score (nSPS) is 11.2. The van der Waals surface area contributed by atoms with Crippen LogP contribution in [-0.4, -0.2) is 13.3 Å². The van der Waals surface area contributed by atoms with Crippen LogP contribution in [0.5, 0.6) is 0 Å². The number of hydrogen-bond acceptors (Lipinski definition) is 6. The minimum absolute atomic E-state index is 0.00287. The average Bonchev–Trinajstić information content (AvgIpc) is 2.18. The third-order valence-electron chi connectivity index (χ3n) is 1.43. The molecule has 0 aliphatic rings. The van der Waals surface area contributed by atoms with E-state index in [1.165, 1.54) is 12.1 Å². The van der Waals surface area contributed by atoms with Crippen LogP contribution in [0.4, 0.5) is 5.69 Å². The van der Waals surface area contributed by atoms with Crippen LogP contribution in [0.1, 0.15) is 0 Å². The van der Waals surface area contributed by atoms with Crippen molar-refractivity contribution >= 4 is 36.0 Å². The largest absolute Gasteiger partial charge is 0.269 e. The van der Waals surface area contributed by atoms with Crippen LogP contribution in [0.25, 0.3) is 0 Å². The molecule has 8 heteroatoms. The summed E-state index contributed by atoms with van der Waals surface area (Å²) in [5.41, 5.74) is -0.145. The second kappa shape index (κ2) is 4.20. The number of non-ortho nitro benzene ring substituents is 1. The molecule has 0 amide bonds. The maximum absolute atomic E-state index is 11.2. The molecule has 1 aromatic rings. The lowest BCUT2D eigenvalue weighted by molar-refractivity contribution is -0.384. The Morgan fingerprint density at radius 1 is 1.29 bits per heavy atom. The Morgan fingerprint density at radius 3 is 2.14 bits per heavy atom. The Bertz CT molecular complexity index is 439. The van der Waals surface area contributed by atoms with Crippen molar-refractivity contribution < 1.29 is 13.3 Å². The first kappa shape index (κ1) is 11.3. The highest BCUT2D eigenvalue weighted by molar-refractivity contribution is 9.02. The Morgan fingerprint density at radius 2 is 1.79 bits per heavy atom. The van der Waals surface area contributed by atoms with E-state index >= 15 is 0 Å². The predicted octanol–water partition coefficient (Wildman–Crippen LogP) is 1.86. The van der Waals surface area contributed by atoms with Crippen molar-refractivity contribution in [3.63, 3.8) is 0 Å². The maximum Gasteiger partial charge on any atom is 0.269 e. The highest BCUT2D eigenvalue weighted by Crippen LogP contribution is 2.26. The van der Waals surface area contributed by atoms with Crippen LogP contribution in [0, 0.1) is 10.1 Å². The van der Waals surface area contributed by atoms with Gasteiger partial charge in [0.1, 0.15) is 0 Å². The summed E-state index contributed by atoms with van der Waals surface area (Å²) in [5, 5.41) is 10.3. The van der Waals surface area contributed by atoms with Crippen LogP contribution < -0.4 is 0 Å². The molecule has 0 heterocycles. The zero-order valence-electron chi connectivity index (χ0n) is 6.65. The fourth-order valence-electron chi connectivity index (χ4n) is 0.778.